The number of nitrogens with one attached hydrogen (secondary N) is 1. The molecule has 2 rings (SSSR count). The molecule has 0 amide bonds. The first-order valence-corrected chi connectivity index (χ1v) is 5.66. The van der Waals surface area contributed by atoms with Crippen LogP contribution in [-0.4, -0.2) is 22.2 Å². The Morgan fingerprint density at radius 2 is 2.24 bits per heavy atom. The SMILES string of the molecule is CCNCc1cn(C)c2c(C(=O)O)cccc12. The Labute approximate surface area is 99.9 Å². The highest BCUT2D eigenvalue weighted by Gasteiger charge is 2.13. The van der Waals surface area contributed by atoms with Crippen LogP contribution in [0.5, 0.6) is 0 Å². The molecule has 90 valence electrons. The topological polar surface area (TPSA) is 54.3 Å². The molecular formula is C13H16N2O2. The molecule has 2 N–H and O–H groups in total. The molecule has 0 spiro atoms. The molecule has 0 saturated heterocycles. The summed E-state index contributed by atoms with van der Waals surface area (Å²) >= 11 is 0. The number of nitrogens with zero attached hydrogens (tertiary/aromatic N) is 1. The molecule has 2 aromatic rings. The molecule has 0 aliphatic rings. The number of aromatic nitrogens is 1. The van der Waals surface area contributed by atoms with Crippen LogP contribution in [0.1, 0.15) is 22.8 Å². The minimum absolute atomic E-state index is 0.354. The second-order valence-corrected chi connectivity index (χ2v) is 4.05. The van der Waals surface area contributed by atoms with Gasteiger partial charge in [-0.3, -0.25) is 0 Å². The molecule has 0 atom stereocenters. The number of carbonyl (C=O) groups is 1. The van der Waals surface area contributed by atoms with Crippen molar-refractivity contribution in [1.29, 1.82) is 0 Å². The van der Waals surface area contributed by atoms with E-state index in [9.17, 15) is 4.79 Å². The predicted molar refractivity (Wildman–Crippen MR) is 67.3 cm³/mol. The van der Waals surface area contributed by atoms with Crippen LogP contribution < -0.4 is 5.32 Å². The molecule has 0 bridgehead atoms. The van der Waals surface area contributed by atoms with E-state index in [2.05, 4.69) is 5.32 Å². The van der Waals surface area contributed by atoms with Gasteiger partial charge in [0.1, 0.15) is 0 Å². The van der Waals surface area contributed by atoms with Crippen LogP contribution in [0.3, 0.4) is 0 Å². The number of benzene rings is 1. The summed E-state index contributed by atoms with van der Waals surface area (Å²) in [5.41, 5.74) is 2.27. The lowest BCUT2D eigenvalue weighted by Gasteiger charge is -2.02. The van der Waals surface area contributed by atoms with Crippen molar-refractivity contribution in [3.8, 4) is 0 Å². The van der Waals surface area contributed by atoms with Crippen molar-refractivity contribution in [2.24, 2.45) is 7.05 Å². The fourth-order valence-corrected chi connectivity index (χ4v) is 2.12. The van der Waals surface area contributed by atoms with E-state index >= 15 is 0 Å². The summed E-state index contributed by atoms with van der Waals surface area (Å²) in [4.78, 5) is 11.2. The predicted octanol–water partition coefficient (Wildman–Crippen LogP) is 1.99. The van der Waals surface area contributed by atoms with Gasteiger partial charge < -0.3 is 15.0 Å². The highest BCUT2D eigenvalue weighted by atomic mass is 16.4. The Morgan fingerprint density at radius 1 is 1.47 bits per heavy atom. The van der Waals surface area contributed by atoms with Gasteiger partial charge in [0.15, 0.2) is 0 Å². The maximum atomic E-state index is 11.2. The monoisotopic (exact) mass is 232 g/mol. The van der Waals surface area contributed by atoms with Gasteiger partial charge in [0.05, 0.1) is 11.1 Å². The Bertz CT molecular complexity index is 558. The van der Waals surface area contributed by atoms with E-state index in [0.29, 0.717) is 5.56 Å². The number of rotatable bonds is 4. The summed E-state index contributed by atoms with van der Waals surface area (Å²) in [6.07, 6.45) is 1.99. The molecule has 0 saturated carbocycles. The number of hydrogen-bond donors (Lipinski definition) is 2. The van der Waals surface area contributed by atoms with Crippen molar-refractivity contribution in [2.75, 3.05) is 6.54 Å². The van der Waals surface area contributed by atoms with Crippen molar-refractivity contribution in [3.63, 3.8) is 0 Å². The molecule has 1 heterocycles. The van der Waals surface area contributed by atoms with Crippen LogP contribution in [-0.2, 0) is 13.6 Å². The van der Waals surface area contributed by atoms with Gasteiger partial charge in [-0.25, -0.2) is 4.79 Å². The fraction of sp³-hybridized carbons (Fsp3) is 0.308. The minimum atomic E-state index is -0.883. The zero-order valence-electron chi connectivity index (χ0n) is 10.0. The second kappa shape index (κ2) is 4.59. The van der Waals surface area contributed by atoms with Crippen LogP contribution in [0.25, 0.3) is 10.9 Å². The van der Waals surface area contributed by atoms with Crippen LogP contribution in [0.4, 0.5) is 0 Å². The van der Waals surface area contributed by atoms with E-state index in [4.69, 9.17) is 5.11 Å². The largest absolute Gasteiger partial charge is 0.478 e. The molecule has 0 aliphatic heterocycles. The minimum Gasteiger partial charge on any atom is -0.478 e. The summed E-state index contributed by atoms with van der Waals surface area (Å²) in [5.74, 6) is -0.883. The first kappa shape index (κ1) is 11.7. The third-order valence-electron chi connectivity index (χ3n) is 2.88. The zero-order chi connectivity index (χ0) is 12.4. The van der Waals surface area contributed by atoms with E-state index in [1.807, 2.05) is 30.8 Å². The lowest BCUT2D eigenvalue weighted by Crippen LogP contribution is -2.11. The first-order chi connectivity index (χ1) is 8.15. The molecule has 4 heteroatoms. The standard InChI is InChI=1S/C13H16N2O2/c1-3-14-7-9-8-15(2)12-10(9)5-4-6-11(12)13(16)17/h4-6,8,14H,3,7H2,1-2H3,(H,16,17). The third-order valence-corrected chi connectivity index (χ3v) is 2.88. The lowest BCUT2D eigenvalue weighted by molar-refractivity contribution is 0.0698. The Kier molecular flexibility index (Phi) is 3.15. The van der Waals surface area contributed by atoms with Gasteiger partial charge in [-0.05, 0) is 18.2 Å². The maximum absolute atomic E-state index is 11.2. The number of para-hydroxylation sites is 1. The van der Waals surface area contributed by atoms with Crippen molar-refractivity contribution in [3.05, 3.63) is 35.5 Å². The first-order valence-electron chi connectivity index (χ1n) is 5.66. The number of aryl methyl sites for hydroxylation is 1. The Hall–Kier alpha value is -1.81. The molecule has 4 nitrogen and oxygen atoms in total. The van der Waals surface area contributed by atoms with E-state index in [1.54, 1.807) is 12.1 Å². The number of aromatic carboxylic acids is 1. The van der Waals surface area contributed by atoms with Gasteiger partial charge in [0, 0.05) is 25.2 Å². The quantitative estimate of drug-likeness (QED) is 0.847. The molecule has 17 heavy (non-hydrogen) atoms. The Morgan fingerprint density at radius 3 is 2.88 bits per heavy atom. The number of carboxylic acids is 1. The molecule has 1 aromatic heterocycles. The average Bonchev–Trinajstić information content (AvgIpc) is 2.64. The van der Waals surface area contributed by atoms with Crippen LogP contribution >= 0.6 is 0 Å². The van der Waals surface area contributed by atoms with E-state index in [1.165, 1.54) is 0 Å². The van der Waals surface area contributed by atoms with Gasteiger partial charge in [-0.2, -0.15) is 0 Å². The molecule has 0 unspecified atom stereocenters. The highest BCUT2D eigenvalue weighted by Crippen LogP contribution is 2.24. The maximum Gasteiger partial charge on any atom is 0.337 e. The zero-order valence-corrected chi connectivity index (χ0v) is 10.0. The summed E-state index contributed by atoms with van der Waals surface area (Å²) in [6, 6.07) is 5.40. The third kappa shape index (κ3) is 2.03. The number of hydrogen-bond acceptors (Lipinski definition) is 2. The van der Waals surface area contributed by atoms with Crippen LogP contribution in [0.15, 0.2) is 24.4 Å². The molecule has 0 fully saturated rings. The molecule has 0 aliphatic carbocycles. The Balaban J connectivity index is 2.60. The van der Waals surface area contributed by atoms with Crippen molar-refractivity contribution in [2.45, 2.75) is 13.5 Å². The van der Waals surface area contributed by atoms with Gasteiger partial charge in [-0.15, -0.1) is 0 Å². The molecule has 0 radical (unpaired) electrons. The highest BCUT2D eigenvalue weighted by molar-refractivity contribution is 6.03. The normalized spacial score (nSPS) is 10.9. The van der Waals surface area contributed by atoms with E-state index in [0.717, 1.165) is 29.6 Å². The van der Waals surface area contributed by atoms with Gasteiger partial charge in [0.2, 0.25) is 0 Å². The van der Waals surface area contributed by atoms with Gasteiger partial charge >= 0.3 is 5.97 Å². The summed E-state index contributed by atoms with van der Waals surface area (Å²) in [6.45, 7) is 3.71. The smallest absolute Gasteiger partial charge is 0.337 e. The average molecular weight is 232 g/mol. The fourth-order valence-electron chi connectivity index (χ4n) is 2.12. The number of carboxylic acid groups (broad SMARTS) is 1. The van der Waals surface area contributed by atoms with Gasteiger partial charge in [0.25, 0.3) is 0 Å². The van der Waals surface area contributed by atoms with E-state index < -0.39 is 5.97 Å². The van der Waals surface area contributed by atoms with Crippen molar-refractivity contribution >= 4 is 16.9 Å². The van der Waals surface area contributed by atoms with Crippen LogP contribution in [0, 0.1) is 0 Å². The number of fused-ring (bicyclic) bond motifs is 1. The lowest BCUT2D eigenvalue weighted by atomic mass is 10.1. The summed E-state index contributed by atoms with van der Waals surface area (Å²) in [7, 11) is 1.88. The second-order valence-electron chi connectivity index (χ2n) is 4.05. The van der Waals surface area contributed by atoms with Crippen LogP contribution in [0.2, 0.25) is 0 Å². The van der Waals surface area contributed by atoms with Crippen molar-refractivity contribution < 1.29 is 9.90 Å². The molecule has 1 aromatic carbocycles. The van der Waals surface area contributed by atoms with E-state index in [-0.39, 0.29) is 0 Å². The van der Waals surface area contributed by atoms with Crippen molar-refractivity contribution in [1.82, 2.24) is 9.88 Å². The molecular weight excluding hydrogens is 216 g/mol. The summed E-state index contributed by atoms with van der Waals surface area (Å²) < 4.78 is 1.88. The van der Waals surface area contributed by atoms with Gasteiger partial charge in [-0.1, -0.05) is 19.1 Å². The summed E-state index contributed by atoms with van der Waals surface area (Å²) in [5, 5.41) is 13.4.